The number of thioether (sulfide) groups is 1. The lowest BCUT2D eigenvalue weighted by molar-refractivity contribution is -0.384. The lowest BCUT2D eigenvalue weighted by Crippen LogP contribution is -2.26. The predicted octanol–water partition coefficient (Wildman–Crippen LogP) is 4.42. The SMILES string of the molecule is COc1cccc(-n2c(SC(C)C(=O)Nc3cccc([N+](=O)[O-])c3)nc3ccccc3c2=O)c1. The number of rotatable bonds is 7. The highest BCUT2D eigenvalue weighted by Crippen LogP contribution is 2.27. The van der Waals surface area contributed by atoms with Gasteiger partial charge in [-0.05, 0) is 37.3 Å². The second-order valence-electron chi connectivity index (χ2n) is 7.31. The maximum atomic E-state index is 13.4. The van der Waals surface area contributed by atoms with E-state index in [1.165, 1.54) is 29.9 Å². The number of nitro benzene ring substituents is 1. The molecule has 0 radical (unpaired) electrons. The summed E-state index contributed by atoms with van der Waals surface area (Å²) in [5.74, 6) is 0.190. The van der Waals surface area contributed by atoms with Crippen LogP contribution in [0.5, 0.6) is 5.75 Å². The van der Waals surface area contributed by atoms with Crippen LogP contribution in [0.3, 0.4) is 0 Å². The fraction of sp³-hybridized carbons (Fsp3) is 0.125. The Morgan fingerprint density at radius 2 is 1.88 bits per heavy atom. The normalized spacial score (nSPS) is 11.7. The van der Waals surface area contributed by atoms with Gasteiger partial charge in [-0.25, -0.2) is 4.98 Å². The van der Waals surface area contributed by atoms with Gasteiger partial charge in [0, 0.05) is 23.9 Å². The standard InChI is InChI=1S/C24H20N4O5S/c1-15(22(29)25-16-7-5-9-18(13-16)28(31)32)34-24-26-21-12-4-3-11-20(21)23(30)27(24)17-8-6-10-19(14-17)33-2/h3-15H,1-2H3,(H,25,29). The van der Waals surface area contributed by atoms with Gasteiger partial charge in [0.1, 0.15) is 5.75 Å². The Bertz CT molecular complexity index is 1450. The van der Waals surface area contributed by atoms with Crippen LogP contribution < -0.4 is 15.6 Å². The van der Waals surface area contributed by atoms with Crippen molar-refractivity contribution in [1.29, 1.82) is 0 Å². The highest BCUT2D eigenvalue weighted by Gasteiger charge is 2.21. The monoisotopic (exact) mass is 476 g/mol. The molecule has 1 amide bonds. The van der Waals surface area contributed by atoms with Gasteiger partial charge in [-0.1, -0.05) is 36.0 Å². The number of non-ortho nitro benzene ring substituents is 1. The van der Waals surface area contributed by atoms with Gasteiger partial charge in [0.05, 0.1) is 33.9 Å². The third-order valence-corrected chi connectivity index (χ3v) is 6.08. The van der Waals surface area contributed by atoms with Crippen molar-refractivity contribution in [2.75, 3.05) is 12.4 Å². The number of nitro groups is 1. The minimum Gasteiger partial charge on any atom is -0.497 e. The zero-order chi connectivity index (χ0) is 24.2. The van der Waals surface area contributed by atoms with Crippen molar-refractivity contribution in [3.8, 4) is 11.4 Å². The average Bonchev–Trinajstić information content (AvgIpc) is 2.84. The number of amides is 1. The third kappa shape index (κ3) is 4.76. The molecule has 1 aromatic heterocycles. The van der Waals surface area contributed by atoms with Crippen LogP contribution in [0.25, 0.3) is 16.6 Å². The molecule has 1 atom stereocenters. The lowest BCUT2D eigenvalue weighted by atomic mass is 10.2. The van der Waals surface area contributed by atoms with Crippen LogP contribution in [0, 0.1) is 10.1 Å². The Labute approximate surface area is 198 Å². The van der Waals surface area contributed by atoms with E-state index in [4.69, 9.17) is 4.74 Å². The van der Waals surface area contributed by atoms with Gasteiger partial charge in [-0.3, -0.25) is 24.3 Å². The molecular weight excluding hydrogens is 456 g/mol. The van der Waals surface area contributed by atoms with Crippen LogP contribution in [0.1, 0.15) is 6.92 Å². The van der Waals surface area contributed by atoms with Gasteiger partial charge >= 0.3 is 0 Å². The number of nitrogens with zero attached hydrogens (tertiary/aromatic N) is 3. The Hall–Kier alpha value is -4.18. The molecule has 4 aromatic rings. The molecule has 0 saturated heterocycles. The molecule has 1 N–H and O–H groups in total. The first-order valence-electron chi connectivity index (χ1n) is 10.3. The average molecular weight is 477 g/mol. The Morgan fingerprint density at radius 3 is 2.65 bits per heavy atom. The molecular formula is C24H20N4O5S. The van der Waals surface area contributed by atoms with Crippen LogP contribution >= 0.6 is 11.8 Å². The zero-order valence-electron chi connectivity index (χ0n) is 18.3. The number of carbonyl (C=O) groups excluding carboxylic acids is 1. The number of nitrogens with one attached hydrogen (secondary N) is 1. The van der Waals surface area contributed by atoms with Crippen LogP contribution in [0.4, 0.5) is 11.4 Å². The summed E-state index contributed by atoms with van der Waals surface area (Å²) in [4.78, 5) is 41.4. The lowest BCUT2D eigenvalue weighted by Gasteiger charge is -2.17. The highest BCUT2D eigenvalue weighted by molar-refractivity contribution is 8.00. The maximum Gasteiger partial charge on any atom is 0.271 e. The second-order valence-corrected chi connectivity index (χ2v) is 8.62. The van der Waals surface area contributed by atoms with Crippen molar-refractivity contribution >= 4 is 39.9 Å². The molecule has 0 aliphatic carbocycles. The van der Waals surface area contributed by atoms with Gasteiger partial charge in [0.2, 0.25) is 5.91 Å². The van der Waals surface area contributed by atoms with Crippen molar-refractivity contribution in [3.05, 3.63) is 93.3 Å². The number of aromatic nitrogens is 2. The Balaban J connectivity index is 1.70. The summed E-state index contributed by atoms with van der Waals surface area (Å²) in [5.41, 5.74) is 0.981. The van der Waals surface area contributed by atoms with Gasteiger partial charge in [0.25, 0.3) is 11.2 Å². The number of fused-ring (bicyclic) bond motifs is 1. The van der Waals surface area contributed by atoms with E-state index in [9.17, 15) is 19.7 Å². The number of hydrogen-bond donors (Lipinski definition) is 1. The van der Waals surface area contributed by atoms with Crippen LogP contribution in [-0.4, -0.2) is 32.7 Å². The molecule has 1 unspecified atom stereocenters. The number of hydrogen-bond acceptors (Lipinski definition) is 7. The molecule has 10 heteroatoms. The van der Waals surface area contributed by atoms with Crippen molar-refractivity contribution in [3.63, 3.8) is 0 Å². The number of ether oxygens (including phenoxy) is 1. The summed E-state index contributed by atoms with van der Waals surface area (Å²) in [6.07, 6.45) is 0. The van der Waals surface area contributed by atoms with E-state index in [-0.39, 0.29) is 17.2 Å². The minimum absolute atomic E-state index is 0.124. The van der Waals surface area contributed by atoms with E-state index < -0.39 is 10.2 Å². The first-order valence-corrected chi connectivity index (χ1v) is 11.1. The molecule has 4 rings (SSSR count). The second kappa shape index (κ2) is 9.75. The Morgan fingerprint density at radius 1 is 1.12 bits per heavy atom. The van der Waals surface area contributed by atoms with E-state index in [0.717, 1.165) is 11.8 Å². The summed E-state index contributed by atoms with van der Waals surface area (Å²) in [6, 6.07) is 19.7. The summed E-state index contributed by atoms with van der Waals surface area (Å²) < 4.78 is 6.75. The predicted molar refractivity (Wildman–Crippen MR) is 131 cm³/mol. The van der Waals surface area contributed by atoms with Crippen molar-refractivity contribution in [2.24, 2.45) is 0 Å². The quantitative estimate of drug-likeness (QED) is 0.182. The van der Waals surface area contributed by atoms with Crippen LogP contribution in [-0.2, 0) is 4.79 Å². The molecule has 0 saturated carbocycles. The molecule has 0 spiro atoms. The summed E-state index contributed by atoms with van der Waals surface area (Å²) >= 11 is 1.11. The van der Waals surface area contributed by atoms with Crippen molar-refractivity contribution < 1.29 is 14.5 Å². The van der Waals surface area contributed by atoms with Crippen molar-refractivity contribution in [2.45, 2.75) is 17.3 Å². The highest BCUT2D eigenvalue weighted by atomic mass is 32.2. The van der Waals surface area contributed by atoms with E-state index >= 15 is 0 Å². The maximum absolute atomic E-state index is 13.4. The van der Waals surface area contributed by atoms with Crippen molar-refractivity contribution in [1.82, 2.24) is 9.55 Å². The number of anilines is 1. The molecule has 0 aliphatic heterocycles. The Kier molecular flexibility index (Phi) is 6.60. The largest absolute Gasteiger partial charge is 0.497 e. The molecule has 3 aromatic carbocycles. The van der Waals surface area contributed by atoms with Gasteiger partial charge < -0.3 is 10.1 Å². The van der Waals surface area contributed by atoms with Crippen LogP contribution in [0.15, 0.2) is 82.7 Å². The zero-order valence-corrected chi connectivity index (χ0v) is 19.1. The summed E-state index contributed by atoms with van der Waals surface area (Å²) in [5, 5.41) is 13.8. The van der Waals surface area contributed by atoms with E-state index in [2.05, 4.69) is 10.3 Å². The number of methoxy groups -OCH3 is 1. The van der Waals surface area contributed by atoms with E-state index in [1.807, 2.05) is 0 Å². The molecule has 0 fully saturated rings. The van der Waals surface area contributed by atoms with Gasteiger partial charge in [-0.15, -0.1) is 0 Å². The summed E-state index contributed by atoms with van der Waals surface area (Å²) in [7, 11) is 1.54. The fourth-order valence-electron chi connectivity index (χ4n) is 3.32. The van der Waals surface area contributed by atoms with Gasteiger partial charge in [-0.2, -0.15) is 0 Å². The smallest absolute Gasteiger partial charge is 0.271 e. The van der Waals surface area contributed by atoms with E-state index in [1.54, 1.807) is 61.5 Å². The molecule has 0 bridgehead atoms. The minimum atomic E-state index is -0.663. The van der Waals surface area contributed by atoms with E-state index in [0.29, 0.717) is 33.2 Å². The molecule has 0 aliphatic rings. The molecule has 172 valence electrons. The molecule has 9 nitrogen and oxygen atoms in total. The van der Waals surface area contributed by atoms with Gasteiger partial charge in [0.15, 0.2) is 5.16 Å². The fourth-order valence-corrected chi connectivity index (χ4v) is 4.25. The number of benzene rings is 3. The van der Waals surface area contributed by atoms with Crippen LogP contribution in [0.2, 0.25) is 0 Å². The molecule has 1 heterocycles. The summed E-state index contributed by atoms with van der Waals surface area (Å²) in [6.45, 7) is 1.68. The topological polar surface area (TPSA) is 116 Å². The first kappa shape index (κ1) is 23.0. The number of para-hydroxylation sites is 1. The molecule has 34 heavy (non-hydrogen) atoms. The number of carbonyl (C=O) groups is 1. The first-order chi connectivity index (χ1) is 16.4. The third-order valence-electron chi connectivity index (χ3n) is 5.03.